The minimum absolute atomic E-state index is 0.0892. The van der Waals surface area contributed by atoms with Crippen LogP contribution in [0, 0.1) is 0 Å². The molecule has 0 aliphatic carbocycles. The number of ether oxygens (including phenoxy) is 1. The molecule has 2 rings (SSSR count). The number of nitrogens with one attached hydrogen (secondary N) is 1. The van der Waals surface area contributed by atoms with Crippen LogP contribution in [0.1, 0.15) is 24.1 Å². The van der Waals surface area contributed by atoms with E-state index in [1.165, 1.54) is 11.1 Å². The molecule has 0 saturated heterocycles. The highest BCUT2D eigenvalue weighted by atomic mass is 16.5. The molecule has 1 aliphatic heterocycles. The Kier molecular flexibility index (Phi) is 3.87. The van der Waals surface area contributed by atoms with E-state index in [9.17, 15) is 4.79 Å². The number of nitrogens with zero attached hydrogens (tertiary/aromatic N) is 1. The van der Waals surface area contributed by atoms with E-state index in [4.69, 9.17) is 4.74 Å². The van der Waals surface area contributed by atoms with Gasteiger partial charge in [0.1, 0.15) is 5.75 Å². The average Bonchev–Trinajstić information content (AvgIpc) is 2.82. The van der Waals surface area contributed by atoms with E-state index in [0.29, 0.717) is 6.54 Å². The first-order chi connectivity index (χ1) is 8.58. The molecule has 1 aromatic rings. The summed E-state index contributed by atoms with van der Waals surface area (Å²) in [7, 11) is 3.53. The van der Waals surface area contributed by atoms with Crippen molar-refractivity contribution in [3.8, 4) is 5.75 Å². The molecular weight excluding hydrogens is 228 g/mol. The monoisotopic (exact) mass is 248 g/mol. The molecule has 0 fully saturated rings. The first kappa shape index (κ1) is 12.9. The number of rotatable bonds is 4. The summed E-state index contributed by atoms with van der Waals surface area (Å²) in [5.41, 5.74) is 2.46. The van der Waals surface area contributed by atoms with Gasteiger partial charge in [0, 0.05) is 26.6 Å². The number of likely N-dealkylation sites (N-methyl/N-ethyl adjacent to an activating group) is 1. The number of carbonyl (C=O) groups is 1. The van der Waals surface area contributed by atoms with Gasteiger partial charge in [-0.1, -0.05) is 12.1 Å². The molecule has 0 aromatic heterocycles. The Morgan fingerprint density at radius 3 is 3.00 bits per heavy atom. The SMILES string of the molecule is CC(NCC(=O)N(C)C)c1ccc2c(c1)CCO2. The Balaban J connectivity index is 1.97. The second-order valence-corrected chi connectivity index (χ2v) is 4.86. The first-order valence-corrected chi connectivity index (χ1v) is 6.27. The van der Waals surface area contributed by atoms with Gasteiger partial charge in [-0.05, 0) is 24.1 Å². The molecule has 18 heavy (non-hydrogen) atoms. The summed E-state index contributed by atoms with van der Waals surface area (Å²) in [4.78, 5) is 13.1. The van der Waals surface area contributed by atoms with Crippen LogP contribution in [0.5, 0.6) is 5.75 Å². The van der Waals surface area contributed by atoms with Crippen molar-refractivity contribution in [1.29, 1.82) is 0 Å². The van der Waals surface area contributed by atoms with E-state index in [1.54, 1.807) is 19.0 Å². The van der Waals surface area contributed by atoms with Gasteiger partial charge in [0.2, 0.25) is 5.91 Å². The van der Waals surface area contributed by atoms with E-state index < -0.39 is 0 Å². The lowest BCUT2D eigenvalue weighted by Gasteiger charge is -2.17. The molecule has 0 radical (unpaired) electrons. The highest BCUT2D eigenvalue weighted by Crippen LogP contribution is 2.27. The van der Waals surface area contributed by atoms with Gasteiger partial charge < -0.3 is 15.0 Å². The van der Waals surface area contributed by atoms with Crippen molar-refractivity contribution >= 4 is 5.91 Å². The molecule has 1 unspecified atom stereocenters. The molecule has 0 bridgehead atoms. The van der Waals surface area contributed by atoms with Crippen LogP contribution in [0.2, 0.25) is 0 Å². The van der Waals surface area contributed by atoms with E-state index in [0.717, 1.165) is 18.8 Å². The Morgan fingerprint density at radius 2 is 2.28 bits per heavy atom. The topological polar surface area (TPSA) is 41.6 Å². The maximum atomic E-state index is 11.5. The number of amides is 1. The van der Waals surface area contributed by atoms with Crippen LogP contribution >= 0.6 is 0 Å². The zero-order valence-corrected chi connectivity index (χ0v) is 11.2. The number of carbonyl (C=O) groups excluding carboxylic acids is 1. The Labute approximate surface area is 108 Å². The smallest absolute Gasteiger partial charge is 0.236 e. The summed E-state index contributed by atoms with van der Waals surface area (Å²) in [6.45, 7) is 3.21. The van der Waals surface area contributed by atoms with Gasteiger partial charge in [0.25, 0.3) is 0 Å². The van der Waals surface area contributed by atoms with Gasteiger partial charge in [-0.25, -0.2) is 0 Å². The third-order valence-electron chi connectivity index (χ3n) is 3.27. The molecule has 1 N–H and O–H groups in total. The summed E-state index contributed by atoms with van der Waals surface area (Å²) in [6.07, 6.45) is 0.979. The van der Waals surface area contributed by atoms with Crippen LogP contribution in [0.25, 0.3) is 0 Å². The Hall–Kier alpha value is -1.55. The second-order valence-electron chi connectivity index (χ2n) is 4.86. The van der Waals surface area contributed by atoms with Crippen molar-refractivity contribution in [2.75, 3.05) is 27.2 Å². The van der Waals surface area contributed by atoms with Crippen LogP contribution in [-0.2, 0) is 11.2 Å². The molecule has 98 valence electrons. The third-order valence-corrected chi connectivity index (χ3v) is 3.27. The zero-order chi connectivity index (χ0) is 13.1. The average molecular weight is 248 g/mol. The molecule has 4 heteroatoms. The van der Waals surface area contributed by atoms with Crippen LogP contribution in [0.3, 0.4) is 0 Å². The van der Waals surface area contributed by atoms with Crippen LogP contribution in [0.15, 0.2) is 18.2 Å². The predicted octanol–water partition coefficient (Wildman–Crippen LogP) is 1.36. The van der Waals surface area contributed by atoms with Crippen molar-refractivity contribution in [3.05, 3.63) is 29.3 Å². The molecule has 1 aliphatic rings. The van der Waals surface area contributed by atoms with Gasteiger partial charge in [-0.3, -0.25) is 4.79 Å². The lowest BCUT2D eigenvalue weighted by atomic mass is 10.0. The van der Waals surface area contributed by atoms with Crippen LogP contribution in [-0.4, -0.2) is 38.1 Å². The van der Waals surface area contributed by atoms with Gasteiger partial charge in [-0.15, -0.1) is 0 Å². The highest BCUT2D eigenvalue weighted by Gasteiger charge is 2.15. The summed E-state index contributed by atoms with van der Waals surface area (Å²) in [5.74, 6) is 1.08. The Morgan fingerprint density at radius 1 is 1.50 bits per heavy atom. The molecule has 1 atom stereocenters. The minimum Gasteiger partial charge on any atom is -0.493 e. The predicted molar refractivity (Wildman–Crippen MR) is 70.8 cm³/mol. The van der Waals surface area contributed by atoms with Gasteiger partial charge >= 0.3 is 0 Å². The van der Waals surface area contributed by atoms with E-state index in [-0.39, 0.29) is 11.9 Å². The van der Waals surface area contributed by atoms with Crippen LogP contribution < -0.4 is 10.1 Å². The van der Waals surface area contributed by atoms with Gasteiger partial charge in [-0.2, -0.15) is 0 Å². The fourth-order valence-electron chi connectivity index (χ4n) is 1.99. The lowest BCUT2D eigenvalue weighted by molar-refractivity contribution is -0.127. The number of hydrogen-bond acceptors (Lipinski definition) is 3. The molecular formula is C14H20N2O2. The highest BCUT2D eigenvalue weighted by molar-refractivity contribution is 5.77. The minimum atomic E-state index is 0.0892. The van der Waals surface area contributed by atoms with Crippen molar-refractivity contribution < 1.29 is 9.53 Å². The van der Waals surface area contributed by atoms with E-state index in [1.807, 2.05) is 6.07 Å². The summed E-state index contributed by atoms with van der Waals surface area (Å²) in [6, 6.07) is 6.41. The summed E-state index contributed by atoms with van der Waals surface area (Å²) < 4.78 is 5.48. The maximum Gasteiger partial charge on any atom is 0.236 e. The van der Waals surface area contributed by atoms with Gasteiger partial charge in [0.15, 0.2) is 0 Å². The van der Waals surface area contributed by atoms with Crippen molar-refractivity contribution in [3.63, 3.8) is 0 Å². The van der Waals surface area contributed by atoms with E-state index >= 15 is 0 Å². The normalized spacial score (nSPS) is 14.8. The van der Waals surface area contributed by atoms with E-state index in [2.05, 4.69) is 24.4 Å². The fourth-order valence-corrected chi connectivity index (χ4v) is 1.99. The third kappa shape index (κ3) is 2.82. The quantitative estimate of drug-likeness (QED) is 0.874. The molecule has 1 aromatic carbocycles. The first-order valence-electron chi connectivity index (χ1n) is 6.27. The Bertz CT molecular complexity index is 443. The maximum absolute atomic E-state index is 11.5. The molecule has 1 amide bonds. The number of hydrogen-bond donors (Lipinski definition) is 1. The summed E-state index contributed by atoms with van der Waals surface area (Å²) >= 11 is 0. The van der Waals surface area contributed by atoms with Crippen molar-refractivity contribution in [1.82, 2.24) is 10.2 Å². The number of benzene rings is 1. The zero-order valence-electron chi connectivity index (χ0n) is 11.2. The standard InChI is InChI=1S/C14H20N2O2/c1-10(15-9-14(17)16(2)3)11-4-5-13-12(8-11)6-7-18-13/h4-5,8,10,15H,6-7,9H2,1-3H3. The second kappa shape index (κ2) is 5.40. The van der Waals surface area contributed by atoms with Gasteiger partial charge in [0.05, 0.1) is 13.2 Å². The molecule has 1 heterocycles. The largest absolute Gasteiger partial charge is 0.493 e. The number of fused-ring (bicyclic) bond motifs is 1. The van der Waals surface area contributed by atoms with Crippen molar-refractivity contribution in [2.24, 2.45) is 0 Å². The fraction of sp³-hybridized carbons (Fsp3) is 0.500. The summed E-state index contributed by atoms with van der Waals surface area (Å²) in [5, 5.41) is 3.24. The lowest BCUT2D eigenvalue weighted by Crippen LogP contribution is -2.34. The molecule has 0 spiro atoms. The van der Waals surface area contributed by atoms with Crippen molar-refractivity contribution in [2.45, 2.75) is 19.4 Å². The molecule has 0 saturated carbocycles. The molecule has 4 nitrogen and oxygen atoms in total. The van der Waals surface area contributed by atoms with Crippen LogP contribution in [0.4, 0.5) is 0 Å².